The van der Waals surface area contributed by atoms with Crippen molar-refractivity contribution in [2.45, 2.75) is 45.7 Å². The molecule has 3 rings (SSSR count). The minimum Gasteiger partial charge on any atom is -0.480 e. The number of aliphatic carboxylic acids is 1. The Balaban J connectivity index is 1.85. The van der Waals surface area contributed by atoms with Crippen LogP contribution in [0.15, 0.2) is 42.5 Å². The summed E-state index contributed by atoms with van der Waals surface area (Å²) in [5.41, 5.74) is 6.26. The molecular weight excluding hydrogens is 298 g/mol. The van der Waals surface area contributed by atoms with Crippen LogP contribution in [0.5, 0.6) is 0 Å². The van der Waals surface area contributed by atoms with Crippen molar-refractivity contribution in [1.29, 1.82) is 0 Å². The van der Waals surface area contributed by atoms with Crippen LogP contribution < -0.4 is 0 Å². The first-order valence-corrected chi connectivity index (χ1v) is 8.54. The van der Waals surface area contributed by atoms with Crippen molar-refractivity contribution < 1.29 is 9.90 Å². The summed E-state index contributed by atoms with van der Waals surface area (Å²) in [6.07, 6.45) is 0.684. The Morgan fingerprint density at radius 1 is 1.12 bits per heavy atom. The van der Waals surface area contributed by atoms with Crippen LogP contribution in [0.25, 0.3) is 0 Å². The minimum absolute atomic E-state index is 0.290. The van der Waals surface area contributed by atoms with Crippen molar-refractivity contribution in [3.05, 3.63) is 70.3 Å². The average molecular weight is 323 g/mol. The smallest absolute Gasteiger partial charge is 0.320 e. The fraction of sp³-hybridized carbons (Fsp3) is 0.381. The molecule has 1 saturated heterocycles. The number of rotatable bonds is 4. The lowest BCUT2D eigenvalue weighted by molar-refractivity contribution is -0.142. The molecule has 0 amide bonds. The molecule has 1 aliphatic heterocycles. The zero-order chi connectivity index (χ0) is 17.3. The molecule has 126 valence electrons. The van der Waals surface area contributed by atoms with Gasteiger partial charge in [-0.05, 0) is 55.4 Å². The summed E-state index contributed by atoms with van der Waals surface area (Å²) in [6.45, 7) is 7.85. The van der Waals surface area contributed by atoms with Crippen LogP contribution >= 0.6 is 0 Å². The predicted molar refractivity (Wildman–Crippen MR) is 96.3 cm³/mol. The van der Waals surface area contributed by atoms with E-state index in [1.54, 1.807) is 0 Å². The zero-order valence-corrected chi connectivity index (χ0v) is 14.6. The second kappa shape index (κ2) is 6.78. The third kappa shape index (κ3) is 3.36. The maximum Gasteiger partial charge on any atom is 0.320 e. The highest BCUT2D eigenvalue weighted by atomic mass is 16.4. The Bertz CT molecular complexity index is 716. The van der Waals surface area contributed by atoms with E-state index in [1.807, 2.05) is 18.2 Å². The number of likely N-dealkylation sites (tertiary alicyclic amines) is 1. The quantitative estimate of drug-likeness (QED) is 0.922. The van der Waals surface area contributed by atoms with Crippen molar-refractivity contribution in [3.8, 4) is 0 Å². The van der Waals surface area contributed by atoms with Gasteiger partial charge in [0.05, 0.1) is 0 Å². The van der Waals surface area contributed by atoms with Crippen molar-refractivity contribution >= 4 is 5.97 Å². The first kappa shape index (κ1) is 16.7. The third-order valence-electron chi connectivity index (χ3n) is 5.16. The summed E-state index contributed by atoms with van der Waals surface area (Å²) in [4.78, 5) is 13.9. The molecule has 1 heterocycles. The van der Waals surface area contributed by atoms with Gasteiger partial charge >= 0.3 is 5.97 Å². The van der Waals surface area contributed by atoms with Gasteiger partial charge in [0.2, 0.25) is 0 Å². The largest absolute Gasteiger partial charge is 0.480 e. The van der Waals surface area contributed by atoms with E-state index in [4.69, 9.17) is 0 Å². The molecule has 2 atom stereocenters. The van der Waals surface area contributed by atoms with Crippen LogP contribution in [0.1, 0.15) is 40.2 Å². The molecule has 24 heavy (non-hydrogen) atoms. The third-order valence-corrected chi connectivity index (χ3v) is 5.16. The number of hydrogen-bond acceptors (Lipinski definition) is 2. The highest BCUT2D eigenvalue weighted by Crippen LogP contribution is 2.33. The SMILES string of the molecule is Cc1cc(C)c(CN2C[C@@H](c3ccccc3)C[C@H]2C(=O)O)c(C)c1. The van der Waals surface area contributed by atoms with E-state index in [0.717, 1.165) is 6.54 Å². The second-order valence-electron chi connectivity index (χ2n) is 7.00. The van der Waals surface area contributed by atoms with Gasteiger partial charge in [0.15, 0.2) is 0 Å². The lowest BCUT2D eigenvalue weighted by atomic mass is 9.96. The van der Waals surface area contributed by atoms with Crippen LogP contribution in [0.2, 0.25) is 0 Å². The molecule has 0 spiro atoms. The van der Waals surface area contributed by atoms with Crippen molar-refractivity contribution in [2.75, 3.05) is 6.54 Å². The van der Waals surface area contributed by atoms with E-state index in [0.29, 0.717) is 18.9 Å². The molecule has 0 aliphatic carbocycles. The molecule has 1 aliphatic rings. The van der Waals surface area contributed by atoms with Gasteiger partial charge in [-0.2, -0.15) is 0 Å². The van der Waals surface area contributed by atoms with E-state index < -0.39 is 12.0 Å². The average Bonchev–Trinajstić information content (AvgIpc) is 2.96. The number of carboxylic acid groups (broad SMARTS) is 1. The van der Waals surface area contributed by atoms with Gasteiger partial charge in [0.25, 0.3) is 0 Å². The van der Waals surface area contributed by atoms with Crippen LogP contribution in [-0.2, 0) is 11.3 Å². The molecule has 0 saturated carbocycles. The Labute approximate surface area is 143 Å². The molecule has 0 bridgehead atoms. The Kier molecular flexibility index (Phi) is 4.72. The number of carbonyl (C=O) groups is 1. The predicted octanol–water partition coefficient (Wildman–Crippen LogP) is 4.05. The normalized spacial score (nSPS) is 21.1. The lowest BCUT2D eigenvalue weighted by Crippen LogP contribution is -2.35. The van der Waals surface area contributed by atoms with Gasteiger partial charge in [-0.15, -0.1) is 0 Å². The zero-order valence-electron chi connectivity index (χ0n) is 14.6. The Hall–Kier alpha value is -2.13. The molecular formula is C21H25NO2. The van der Waals surface area contributed by atoms with Gasteiger partial charge in [-0.3, -0.25) is 9.69 Å². The van der Waals surface area contributed by atoms with Gasteiger partial charge < -0.3 is 5.11 Å². The van der Waals surface area contributed by atoms with Crippen LogP contribution in [0.4, 0.5) is 0 Å². The van der Waals surface area contributed by atoms with Crippen molar-refractivity contribution in [2.24, 2.45) is 0 Å². The van der Waals surface area contributed by atoms with Gasteiger partial charge in [0, 0.05) is 13.1 Å². The van der Waals surface area contributed by atoms with Gasteiger partial charge in [0.1, 0.15) is 6.04 Å². The summed E-state index contributed by atoms with van der Waals surface area (Å²) >= 11 is 0. The first-order chi connectivity index (χ1) is 11.5. The lowest BCUT2D eigenvalue weighted by Gasteiger charge is -2.23. The van der Waals surface area contributed by atoms with Crippen LogP contribution in [-0.4, -0.2) is 28.6 Å². The Morgan fingerprint density at radius 2 is 1.75 bits per heavy atom. The molecule has 0 radical (unpaired) electrons. The fourth-order valence-corrected chi connectivity index (χ4v) is 3.96. The van der Waals surface area contributed by atoms with Gasteiger partial charge in [-0.25, -0.2) is 0 Å². The monoisotopic (exact) mass is 323 g/mol. The molecule has 3 heteroatoms. The van der Waals surface area contributed by atoms with Crippen molar-refractivity contribution in [3.63, 3.8) is 0 Å². The molecule has 0 aromatic heterocycles. The fourth-order valence-electron chi connectivity index (χ4n) is 3.96. The van der Waals surface area contributed by atoms with Crippen LogP contribution in [0.3, 0.4) is 0 Å². The van der Waals surface area contributed by atoms with E-state index in [2.05, 4.69) is 49.9 Å². The summed E-state index contributed by atoms with van der Waals surface area (Å²) in [6, 6.07) is 14.2. The van der Waals surface area contributed by atoms with Gasteiger partial charge in [-0.1, -0.05) is 48.0 Å². The van der Waals surface area contributed by atoms with E-state index in [9.17, 15) is 9.90 Å². The molecule has 1 N–H and O–H groups in total. The minimum atomic E-state index is -0.712. The molecule has 2 aromatic carbocycles. The highest BCUT2D eigenvalue weighted by Gasteiger charge is 2.37. The standard InChI is InChI=1S/C21H25NO2/c1-14-9-15(2)19(16(3)10-14)13-22-12-18(11-20(22)21(23)24)17-7-5-4-6-8-17/h4-10,18,20H,11-13H2,1-3H3,(H,23,24)/t18-,20-/m0/s1. The Morgan fingerprint density at radius 3 is 2.33 bits per heavy atom. The number of hydrogen-bond donors (Lipinski definition) is 1. The van der Waals surface area contributed by atoms with E-state index in [1.165, 1.54) is 27.8 Å². The summed E-state index contributed by atoms with van der Waals surface area (Å²) in [7, 11) is 0. The molecule has 0 unspecified atom stereocenters. The second-order valence-corrected chi connectivity index (χ2v) is 7.00. The summed E-state index contributed by atoms with van der Waals surface area (Å²) in [5, 5.41) is 9.67. The molecule has 3 nitrogen and oxygen atoms in total. The molecule has 1 fully saturated rings. The van der Waals surface area contributed by atoms with Crippen LogP contribution in [0, 0.1) is 20.8 Å². The maximum atomic E-state index is 11.8. The number of benzene rings is 2. The van der Waals surface area contributed by atoms with E-state index in [-0.39, 0.29) is 0 Å². The summed E-state index contributed by atoms with van der Waals surface area (Å²) < 4.78 is 0. The first-order valence-electron chi connectivity index (χ1n) is 8.54. The molecule has 2 aromatic rings. The number of aryl methyl sites for hydroxylation is 3. The maximum absolute atomic E-state index is 11.8. The number of nitrogens with zero attached hydrogens (tertiary/aromatic N) is 1. The number of carboxylic acids is 1. The summed E-state index contributed by atoms with van der Waals surface area (Å²) in [5.74, 6) is -0.422. The topological polar surface area (TPSA) is 40.5 Å². The van der Waals surface area contributed by atoms with Crippen molar-refractivity contribution in [1.82, 2.24) is 4.90 Å². The highest BCUT2D eigenvalue weighted by molar-refractivity contribution is 5.74. The van der Waals surface area contributed by atoms with E-state index >= 15 is 0 Å².